The van der Waals surface area contributed by atoms with Gasteiger partial charge in [0.05, 0.1) is 5.56 Å². The SMILES string of the molecule is Cc1nccn1Cc1cccc(CNc2nnc(Cl)cc2C(N)=O)c1. The molecule has 0 bridgehead atoms. The molecule has 3 aromatic rings. The molecule has 1 amide bonds. The molecule has 0 spiro atoms. The van der Waals surface area contributed by atoms with Crippen molar-refractivity contribution in [2.24, 2.45) is 5.73 Å². The van der Waals surface area contributed by atoms with Crippen LogP contribution in [0.2, 0.25) is 5.15 Å². The minimum absolute atomic E-state index is 0.122. The van der Waals surface area contributed by atoms with E-state index in [-0.39, 0.29) is 10.7 Å². The van der Waals surface area contributed by atoms with Crippen molar-refractivity contribution in [1.82, 2.24) is 19.7 Å². The predicted molar refractivity (Wildman–Crippen MR) is 95.4 cm³/mol. The van der Waals surface area contributed by atoms with E-state index in [2.05, 4.69) is 37.2 Å². The minimum atomic E-state index is -0.608. The van der Waals surface area contributed by atoms with E-state index in [1.54, 1.807) is 6.20 Å². The van der Waals surface area contributed by atoms with Crippen LogP contribution >= 0.6 is 11.6 Å². The average Bonchev–Trinajstić information content (AvgIpc) is 2.99. The van der Waals surface area contributed by atoms with E-state index in [1.807, 2.05) is 25.3 Å². The Kier molecular flexibility index (Phi) is 4.95. The van der Waals surface area contributed by atoms with Crippen LogP contribution in [-0.4, -0.2) is 25.7 Å². The van der Waals surface area contributed by atoms with E-state index in [4.69, 9.17) is 17.3 Å². The maximum atomic E-state index is 11.5. The van der Waals surface area contributed by atoms with Gasteiger partial charge in [-0.2, -0.15) is 0 Å². The number of nitrogens with one attached hydrogen (secondary N) is 1. The molecule has 0 saturated carbocycles. The molecule has 2 heterocycles. The number of imidazole rings is 1. The van der Waals surface area contributed by atoms with E-state index < -0.39 is 5.91 Å². The van der Waals surface area contributed by atoms with Gasteiger partial charge in [0.1, 0.15) is 5.82 Å². The third-order valence-corrected chi connectivity index (χ3v) is 3.94. The number of aryl methyl sites for hydroxylation is 1. The summed E-state index contributed by atoms with van der Waals surface area (Å²) in [4.78, 5) is 15.7. The lowest BCUT2D eigenvalue weighted by Crippen LogP contribution is -2.16. The molecule has 0 fully saturated rings. The average molecular weight is 357 g/mol. The van der Waals surface area contributed by atoms with Crippen LogP contribution in [0.1, 0.15) is 27.3 Å². The standard InChI is InChI=1S/C17H17ClN6O/c1-11-20-5-6-24(11)10-13-4-2-3-12(7-13)9-21-17-14(16(19)25)8-15(18)22-23-17/h2-8H,9-10H2,1H3,(H2,19,25)(H,21,23). The first-order valence-corrected chi connectivity index (χ1v) is 8.03. The van der Waals surface area contributed by atoms with E-state index in [9.17, 15) is 4.79 Å². The number of rotatable bonds is 6. The Morgan fingerprint density at radius 2 is 2.08 bits per heavy atom. The van der Waals surface area contributed by atoms with Crippen molar-refractivity contribution in [2.45, 2.75) is 20.0 Å². The van der Waals surface area contributed by atoms with Crippen LogP contribution in [0.3, 0.4) is 0 Å². The highest BCUT2D eigenvalue weighted by atomic mass is 35.5. The molecule has 0 saturated heterocycles. The van der Waals surface area contributed by atoms with Gasteiger partial charge in [-0.25, -0.2) is 4.98 Å². The Bertz CT molecular complexity index is 908. The maximum Gasteiger partial charge on any atom is 0.252 e. The number of nitrogens with two attached hydrogens (primary N) is 1. The van der Waals surface area contributed by atoms with E-state index in [0.29, 0.717) is 12.4 Å². The number of aromatic nitrogens is 4. The summed E-state index contributed by atoms with van der Waals surface area (Å²) in [6, 6.07) is 9.52. The van der Waals surface area contributed by atoms with Crippen LogP contribution in [0.5, 0.6) is 0 Å². The highest BCUT2D eigenvalue weighted by Crippen LogP contribution is 2.16. The van der Waals surface area contributed by atoms with Crippen LogP contribution in [-0.2, 0) is 13.1 Å². The van der Waals surface area contributed by atoms with Gasteiger partial charge in [0.15, 0.2) is 11.0 Å². The highest BCUT2D eigenvalue weighted by Gasteiger charge is 2.11. The second-order valence-corrected chi connectivity index (χ2v) is 5.96. The van der Waals surface area contributed by atoms with E-state index >= 15 is 0 Å². The summed E-state index contributed by atoms with van der Waals surface area (Å²) in [5.74, 6) is 0.669. The summed E-state index contributed by atoms with van der Waals surface area (Å²) in [5.41, 5.74) is 7.76. The van der Waals surface area contributed by atoms with Crippen LogP contribution in [0, 0.1) is 6.92 Å². The number of carbonyl (C=O) groups is 1. The third kappa shape index (κ3) is 4.13. The summed E-state index contributed by atoms with van der Waals surface area (Å²) in [6.45, 7) is 3.19. The van der Waals surface area contributed by atoms with Crippen molar-refractivity contribution in [2.75, 3.05) is 5.32 Å². The van der Waals surface area contributed by atoms with E-state index in [1.165, 1.54) is 6.07 Å². The molecule has 3 rings (SSSR count). The summed E-state index contributed by atoms with van der Waals surface area (Å²) in [6.07, 6.45) is 3.73. The zero-order chi connectivity index (χ0) is 17.8. The zero-order valence-electron chi connectivity index (χ0n) is 13.6. The van der Waals surface area contributed by atoms with Gasteiger partial charge < -0.3 is 15.6 Å². The normalized spacial score (nSPS) is 10.6. The van der Waals surface area contributed by atoms with Crippen LogP contribution in [0.4, 0.5) is 5.82 Å². The van der Waals surface area contributed by atoms with Crippen molar-refractivity contribution in [3.05, 3.63) is 70.4 Å². The lowest BCUT2D eigenvalue weighted by atomic mass is 10.1. The molecule has 7 nitrogen and oxygen atoms in total. The second-order valence-electron chi connectivity index (χ2n) is 5.57. The van der Waals surface area contributed by atoms with Crippen LogP contribution in [0.15, 0.2) is 42.7 Å². The summed E-state index contributed by atoms with van der Waals surface area (Å²) in [5, 5.41) is 10.9. The molecular formula is C17H17ClN6O. The fourth-order valence-corrected chi connectivity index (χ4v) is 2.62. The zero-order valence-corrected chi connectivity index (χ0v) is 14.4. The number of hydrogen-bond donors (Lipinski definition) is 2. The molecular weight excluding hydrogens is 340 g/mol. The molecule has 0 radical (unpaired) electrons. The summed E-state index contributed by atoms with van der Waals surface area (Å²) < 4.78 is 2.07. The maximum absolute atomic E-state index is 11.5. The number of amides is 1. The summed E-state index contributed by atoms with van der Waals surface area (Å²) >= 11 is 5.76. The molecule has 0 aliphatic rings. The third-order valence-electron chi connectivity index (χ3n) is 3.76. The number of anilines is 1. The number of carbonyl (C=O) groups excluding carboxylic acids is 1. The first kappa shape index (κ1) is 16.9. The Balaban J connectivity index is 1.73. The number of benzene rings is 1. The highest BCUT2D eigenvalue weighted by molar-refractivity contribution is 6.29. The molecule has 128 valence electrons. The molecule has 0 unspecified atom stereocenters. The van der Waals surface area contributed by atoms with E-state index in [0.717, 1.165) is 23.5 Å². The Morgan fingerprint density at radius 3 is 2.80 bits per heavy atom. The van der Waals surface area contributed by atoms with Gasteiger partial charge in [0.25, 0.3) is 5.91 Å². The fourth-order valence-electron chi connectivity index (χ4n) is 2.48. The van der Waals surface area contributed by atoms with Crippen LogP contribution in [0.25, 0.3) is 0 Å². The predicted octanol–water partition coefficient (Wildman–Crippen LogP) is 2.39. The molecule has 8 heteroatoms. The van der Waals surface area contributed by atoms with Crippen molar-refractivity contribution >= 4 is 23.3 Å². The largest absolute Gasteiger partial charge is 0.365 e. The monoisotopic (exact) mass is 356 g/mol. The number of nitrogens with zero attached hydrogens (tertiary/aromatic N) is 4. The summed E-state index contributed by atoms with van der Waals surface area (Å²) in [7, 11) is 0. The van der Waals surface area contributed by atoms with Crippen molar-refractivity contribution in [3.8, 4) is 0 Å². The quantitative estimate of drug-likeness (QED) is 0.706. The second kappa shape index (κ2) is 7.31. The molecule has 0 aliphatic heterocycles. The van der Waals surface area contributed by atoms with Crippen molar-refractivity contribution in [1.29, 1.82) is 0 Å². The smallest absolute Gasteiger partial charge is 0.252 e. The molecule has 0 aliphatic carbocycles. The topological polar surface area (TPSA) is 98.7 Å². The van der Waals surface area contributed by atoms with Crippen LogP contribution < -0.4 is 11.1 Å². The van der Waals surface area contributed by atoms with Crippen molar-refractivity contribution < 1.29 is 4.79 Å². The molecule has 2 aromatic heterocycles. The molecule has 0 atom stereocenters. The lowest BCUT2D eigenvalue weighted by Gasteiger charge is -2.10. The minimum Gasteiger partial charge on any atom is -0.365 e. The first-order valence-electron chi connectivity index (χ1n) is 7.65. The number of hydrogen-bond acceptors (Lipinski definition) is 5. The Hall–Kier alpha value is -2.93. The first-order chi connectivity index (χ1) is 12.0. The van der Waals surface area contributed by atoms with Gasteiger partial charge in [0.2, 0.25) is 0 Å². The van der Waals surface area contributed by atoms with Crippen molar-refractivity contribution in [3.63, 3.8) is 0 Å². The van der Waals surface area contributed by atoms with Gasteiger partial charge in [-0.05, 0) is 24.1 Å². The molecule has 25 heavy (non-hydrogen) atoms. The van der Waals surface area contributed by atoms with Gasteiger partial charge in [-0.3, -0.25) is 4.79 Å². The Labute approximate surface area is 149 Å². The molecule has 3 N–H and O–H groups in total. The van der Waals surface area contributed by atoms with Gasteiger partial charge >= 0.3 is 0 Å². The molecule has 1 aromatic carbocycles. The van der Waals surface area contributed by atoms with Gasteiger partial charge in [-0.1, -0.05) is 35.9 Å². The Morgan fingerprint density at radius 1 is 1.28 bits per heavy atom. The number of primary amides is 1. The lowest BCUT2D eigenvalue weighted by molar-refractivity contribution is 0.100. The number of halogens is 1. The van der Waals surface area contributed by atoms with Gasteiger partial charge in [-0.15, -0.1) is 10.2 Å². The van der Waals surface area contributed by atoms with Gasteiger partial charge in [0, 0.05) is 25.5 Å². The fraction of sp³-hybridized carbons (Fsp3) is 0.176.